The lowest BCUT2D eigenvalue weighted by atomic mass is 9.97. The van der Waals surface area contributed by atoms with E-state index in [2.05, 4.69) is 27.1 Å². The normalized spacial score (nSPS) is 15.3. The van der Waals surface area contributed by atoms with E-state index in [9.17, 15) is 4.79 Å². The number of nitrogens with one attached hydrogen (secondary N) is 2. The van der Waals surface area contributed by atoms with Crippen molar-refractivity contribution in [1.82, 2.24) is 15.5 Å². The highest BCUT2D eigenvalue weighted by atomic mass is 127. The van der Waals surface area contributed by atoms with E-state index in [1.807, 2.05) is 48.2 Å². The Morgan fingerprint density at radius 3 is 2.59 bits per heavy atom. The largest absolute Gasteiger partial charge is 0.378 e. The van der Waals surface area contributed by atoms with E-state index in [-0.39, 0.29) is 35.8 Å². The lowest BCUT2D eigenvalue weighted by molar-refractivity contribution is -0.136. The van der Waals surface area contributed by atoms with Crippen LogP contribution in [0.5, 0.6) is 0 Å². The van der Waals surface area contributed by atoms with Gasteiger partial charge in [0.1, 0.15) is 0 Å². The van der Waals surface area contributed by atoms with Crippen molar-refractivity contribution < 1.29 is 9.53 Å². The minimum Gasteiger partial charge on any atom is -0.378 e. The van der Waals surface area contributed by atoms with Gasteiger partial charge >= 0.3 is 0 Å². The molecule has 1 aromatic heterocycles. The number of amides is 1. The monoisotopic (exact) mass is 528 g/mol. The van der Waals surface area contributed by atoms with Gasteiger partial charge in [0.25, 0.3) is 0 Å². The minimum atomic E-state index is -0.259. The van der Waals surface area contributed by atoms with Gasteiger partial charge in [0.15, 0.2) is 5.96 Å². The molecule has 0 radical (unpaired) electrons. The molecule has 0 aliphatic carbocycles. The van der Waals surface area contributed by atoms with Crippen LogP contribution in [0.2, 0.25) is 0 Å². The summed E-state index contributed by atoms with van der Waals surface area (Å²) in [7, 11) is 0. The molecule has 0 bridgehead atoms. The molecule has 2 N–H and O–H groups in total. The molecule has 0 saturated carbocycles. The van der Waals surface area contributed by atoms with Crippen LogP contribution < -0.4 is 10.6 Å². The van der Waals surface area contributed by atoms with Crippen molar-refractivity contribution in [2.24, 2.45) is 4.99 Å². The number of hydrogen-bond donors (Lipinski definition) is 2. The van der Waals surface area contributed by atoms with Crippen molar-refractivity contribution >= 4 is 47.2 Å². The van der Waals surface area contributed by atoms with Crippen molar-refractivity contribution in [2.45, 2.75) is 19.4 Å². The van der Waals surface area contributed by atoms with Crippen LogP contribution in [-0.2, 0) is 16.1 Å². The maximum Gasteiger partial charge on any atom is 0.232 e. The second kappa shape index (κ2) is 12.8. The summed E-state index contributed by atoms with van der Waals surface area (Å²) in [5.74, 6) is 0.604. The molecule has 3 rings (SSSR count). The number of aliphatic imine (C=N–C) groups is 1. The Kier molecular flexibility index (Phi) is 10.4. The van der Waals surface area contributed by atoms with Crippen molar-refractivity contribution in [3.05, 3.63) is 58.3 Å². The van der Waals surface area contributed by atoms with Gasteiger partial charge in [-0.05, 0) is 23.9 Å². The van der Waals surface area contributed by atoms with Crippen LogP contribution in [0.25, 0.3) is 0 Å². The fourth-order valence-electron chi connectivity index (χ4n) is 3.14. The molecule has 1 amide bonds. The van der Waals surface area contributed by atoms with Gasteiger partial charge in [-0.25, -0.2) is 4.99 Å². The number of benzene rings is 1. The molecular weight excluding hydrogens is 499 g/mol. The summed E-state index contributed by atoms with van der Waals surface area (Å²) >= 11 is 1.69. The third-order valence-electron chi connectivity index (χ3n) is 4.61. The first-order valence-electron chi connectivity index (χ1n) is 9.74. The summed E-state index contributed by atoms with van der Waals surface area (Å²) in [4.78, 5) is 20.9. The van der Waals surface area contributed by atoms with Crippen LogP contribution in [0.3, 0.4) is 0 Å². The molecule has 1 saturated heterocycles. The molecule has 1 aliphatic rings. The smallest absolute Gasteiger partial charge is 0.232 e. The summed E-state index contributed by atoms with van der Waals surface area (Å²) in [5.41, 5.74) is 1.01. The molecule has 1 aliphatic heterocycles. The summed E-state index contributed by atoms with van der Waals surface area (Å²) in [5, 5.41) is 8.69. The van der Waals surface area contributed by atoms with Crippen LogP contribution in [0.1, 0.15) is 23.3 Å². The SMILES string of the molecule is CCNC(=NCc1cccs1)NCC(C(=O)N1CCOCC1)c1ccccc1.I. The Bertz CT molecular complexity index is 749. The van der Waals surface area contributed by atoms with Crippen LogP contribution in [0.15, 0.2) is 52.8 Å². The molecule has 1 aromatic carbocycles. The lowest BCUT2D eigenvalue weighted by Crippen LogP contribution is -2.47. The molecule has 1 fully saturated rings. The molecule has 6 nitrogen and oxygen atoms in total. The van der Waals surface area contributed by atoms with E-state index in [0.29, 0.717) is 39.4 Å². The first-order valence-corrected chi connectivity index (χ1v) is 10.6. The van der Waals surface area contributed by atoms with E-state index in [4.69, 9.17) is 4.74 Å². The second-order valence-electron chi connectivity index (χ2n) is 6.56. The Morgan fingerprint density at radius 2 is 1.93 bits per heavy atom. The molecule has 2 heterocycles. The van der Waals surface area contributed by atoms with Gasteiger partial charge < -0.3 is 20.3 Å². The Hall–Kier alpha value is -1.65. The topological polar surface area (TPSA) is 66.0 Å². The number of carbonyl (C=O) groups excluding carboxylic acids is 1. The van der Waals surface area contributed by atoms with Crippen LogP contribution in [0.4, 0.5) is 0 Å². The first kappa shape index (κ1) is 23.6. The van der Waals surface area contributed by atoms with Crippen LogP contribution >= 0.6 is 35.3 Å². The summed E-state index contributed by atoms with van der Waals surface area (Å²) in [6.45, 7) is 6.43. The number of guanidine groups is 1. The number of morpholine rings is 1. The zero-order valence-corrected chi connectivity index (χ0v) is 19.8. The average Bonchev–Trinajstić information content (AvgIpc) is 3.27. The number of rotatable bonds is 7. The summed E-state index contributed by atoms with van der Waals surface area (Å²) in [6, 6.07) is 14.1. The van der Waals surface area contributed by atoms with Gasteiger partial charge in [0, 0.05) is 31.1 Å². The third kappa shape index (κ3) is 7.27. The maximum atomic E-state index is 13.2. The van der Waals surface area contributed by atoms with Crippen molar-refractivity contribution in [1.29, 1.82) is 0 Å². The van der Waals surface area contributed by atoms with Gasteiger partial charge in [0.05, 0.1) is 25.7 Å². The minimum absolute atomic E-state index is 0. The van der Waals surface area contributed by atoms with Crippen molar-refractivity contribution in [2.75, 3.05) is 39.4 Å². The number of hydrogen-bond acceptors (Lipinski definition) is 4. The predicted molar refractivity (Wildman–Crippen MR) is 129 cm³/mol. The third-order valence-corrected chi connectivity index (χ3v) is 5.47. The Morgan fingerprint density at radius 1 is 1.17 bits per heavy atom. The van der Waals surface area contributed by atoms with Gasteiger partial charge in [-0.15, -0.1) is 35.3 Å². The van der Waals surface area contributed by atoms with Crippen molar-refractivity contribution in [3.8, 4) is 0 Å². The Labute approximate surface area is 193 Å². The van der Waals surface area contributed by atoms with E-state index in [1.54, 1.807) is 11.3 Å². The first-order chi connectivity index (χ1) is 13.8. The molecule has 1 unspecified atom stereocenters. The van der Waals surface area contributed by atoms with Crippen LogP contribution in [0, 0.1) is 0 Å². The highest BCUT2D eigenvalue weighted by Gasteiger charge is 2.27. The van der Waals surface area contributed by atoms with Gasteiger partial charge in [-0.2, -0.15) is 0 Å². The maximum absolute atomic E-state index is 13.2. The standard InChI is InChI=1S/C21H28N4O2S.HI/c1-2-22-21(23-15-18-9-6-14-28-18)24-16-19(17-7-4-3-5-8-17)20(26)25-10-12-27-13-11-25;/h3-9,14,19H,2,10-13,15-16H2,1H3,(H2,22,23,24);1H. The fourth-order valence-corrected chi connectivity index (χ4v) is 3.77. The molecule has 158 valence electrons. The Balaban J connectivity index is 0.00000300. The second-order valence-corrected chi connectivity index (χ2v) is 7.59. The number of ether oxygens (including phenoxy) is 1. The highest BCUT2D eigenvalue weighted by Crippen LogP contribution is 2.19. The van der Waals surface area contributed by atoms with E-state index in [1.165, 1.54) is 4.88 Å². The van der Waals surface area contributed by atoms with E-state index >= 15 is 0 Å². The van der Waals surface area contributed by atoms with E-state index < -0.39 is 0 Å². The lowest BCUT2D eigenvalue weighted by Gasteiger charge is -2.31. The number of nitrogens with zero attached hydrogens (tertiary/aromatic N) is 2. The molecule has 1 atom stereocenters. The van der Waals surface area contributed by atoms with E-state index in [0.717, 1.165) is 18.1 Å². The quantitative estimate of drug-likeness (QED) is 0.330. The van der Waals surface area contributed by atoms with Crippen molar-refractivity contribution in [3.63, 3.8) is 0 Å². The van der Waals surface area contributed by atoms with Crippen LogP contribution in [-0.4, -0.2) is 56.2 Å². The molecular formula is C21H29IN4O2S. The summed E-state index contributed by atoms with van der Waals surface area (Å²) < 4.78 is 5.40. The fraction of sp³-hybridized carbons (Fsp3) is 0.429. The zero-order chi connectivity index (χ0) is 19.6. The average molecular weight is 528 g/mol. The summed E-state index contributed by atoms with van der Waals surface area (Å²) in [6.07, 6.45) is 0. The van der Waals surface area contributed by atoms with Gasteiger partial charge in [-0.1, -0.05) is 36.4 Å². The number of thiophene rings is 1. The zero-order valence-electron chi connectivity index (χ0n) is 16.7. The van der Waals surface area contributed by atoms with Gasteiger partial charge in [0.2, 0.25) is 5.91 Å². The van der Waals surface area contributed by atoms with Gasteiger partial charge in [-0.3, -0.25) is 4.79 Å². The molecule has 8 heteroatoms. The number of halogens is 1. The highest BCUT2D eigenvalue weighted by molar-refractivity contribution is 14.0. The molecule has 29 heavy (non-hydrogen) atoms. The molecule has 2 aromatic rings. The molecule has 0 spiro atoms. The number of carbonyl (C=O) groups is 1. The predicted octanol–water partition coefficient (Wildman–Crippen LogP) is 3.06.